The first kappa shape index (κ1) is 16.3. The second-order valence-corrected chi connectivity index (χ2v) is 5.88. The molecule has 0 saturated heterocycles. The zero-order chi connectivity index (χ0) is 16.3. The van der Waals surface area contributed by atoms with Crippen LogP contribution in [0.5, 0.6) is 0 Å². The molecule has 1 aromatic heterocycles. The number of benzene rings is 1. The maximum atomic E-state index is 12.1. The van der Waals surface area contributed by atoms with Crippen molar-refractivity contribution in [1.82, 2.24) is 4.57 Å². The van der Waals surface area contributed by atoms with Gasteiger partial charge in [-0.1, -0.05) is 6.07 Å². The number of esters is 1. The number of anilines is 1. The van der Waals surface area contributed by atoms with E-state index >= 15 is 0 Å². The highest BCUT2D eigenvalue weighted by Crippen LogP contribution is 2.23. The molecule has 5 nitrogen and oxygen atoms in total. The number of nitrogens with zero attached hydrogens (tertiary/aromatic N) is 1. The maximum absolute atomic E-state index is 12.1. The van der Waals surface area contributed by atoms with Crippen molar-refractivity contribution < 1.29 is 14.3 Å². The molecule has 6 heteroatoms. The Morgan fingerprint density at radius 1 is 1.32 bits per heavy atom. The van der Waals surface area contributed by atoms with Gasteiger partial charge in [0.2, 0.25) is 0 Å². The molecule has 1 amide bonds. The second-order valence-electron chi connectivity index (χ2n) is 5.02. The Balaban J connectivity index is 2.00. The number of nitrogens with one attached hydrogen (secondary N) is 1. The van der Waals surface area contributed by atoms with Gasteiger partial charge in [-0.3, -0.25) is 4.79 Å². The Labute approximate surface area is 137 Å². The highest BCUT2D eigenvalue weighted by atomic mass is 79.9. The highest BCUT2D eigenvalue weighted by Gasteiger charge is 2.20. The molecule has 2 aromatic rings. The van der Waals surface area contributed by atoms with E-state index in [2.05, 4.69) is 21.2 Å². The van der Waals surface area contributed by atoms with Crippen molar-refractivity contribution in [2.24, 2.45) is 7.05 Å². The number of hydrogen-bond acceptors (Lipinski definition) is 3. The van der Waals surface area contributed by atoms with Crippen LogP contribution in [-0.4, -0.2) is 22.5 Å². The van der Waals surface area contributed by atoms with Crippen LogP contribution in [0.25, 0.3) is 0 Å². The lowest BCUT2D eigenvalue weighted by molar-refractivity contribution is -0.123. The predicted molar refractivity (Wildman–Crippen MR) is 87.8 cm³/mol. The Morgan fingerprint density at radius 2 is 2.05 bits per heavy atom. The van der Waals surface area contributed by atoms with Gasteiger partial charge in [0.15, 0.2) is 6.10 Å². The zero-order valence-corrected chi connectivity index (χ0v) is 14.2. The quantitative estimate of drug-likeness (QED) is 0.846. The minimum atomic E-state index is -0.893. The summed E-state index contributed by atoms with van der Waals surface area (Å²) in [5.41, 5.74) is 2.11. The zero-order valence-electron chi connectivity index (χ0n) is 12.6. The third-order valence-electron chi connectivity index (χ3n) is 3.19. The first-order valence-corrected chi connectivity index (χ1v) is 7.57. The SMILES string of the molecule is Cc1ccc(NC(=O)[C@H](C)OC(=O)c2cccn2C)c(Br)c1. The molecule has 1 aromatic carbocycles. The van der Waals surface area contributed by atoms with E-state index in [1.807, 2.05) is 19.1 Å². The van der Waals surface area contributed by atoms with Crippen LogP contribution in [0.15, 0.2) is 41.0 Å². The van der Waals surface area contributed by atoms with Crippen molar-refractivity contribution >= 4 is 33.5 Å². The fourth-order valence-electron chi connectivity index (χ4n) is 1.90. The summed E-state index contributed by atoms with van der Waals surface area (Å²) in [6.07, 6.45) is 0.848. The lowest BCUT2D eigenvalue weighted by Gasteiger charge is -2.14. The Morgan fingerprint density at radius 3 is 2.64 bits per heavy atom. The van der Waals surface area contributed by atoms with Crippen LogP contribution in [0.1, 0.15) is 23.0 Å². The number of aromatic nitrogens is 1. The van der Waals surface area contributed by atoms with Gasteiger partial charge in [-0.2, -0.15) is 0 Å². The summed E-state index contributed by atoms with van der Waals surface area (Å²) in [6.45, 7) is 3.50. The molecule has 0 bridgehead atoms. The number of ether oxygens (including phenoxy) is 1. The second kappa shape index (κ2) is 6.79. The third kappa shape index (κ3) is 3.76. The fourth-order valence-corrected chi connectivity index (χ4v) is 2.50. The Kier molecular flexibility index (Phi) is 5.03. The molecule has 1 atom stereocenters. The smallest absolute Gasteiger partial charge is 0.355 e. The molecule has 1 N–H and O–H groups in total. The molecule has 0 radical (unpaired) electrons. The van der Waals surface area contributed by atoms with Crippen molar-refractivity contribution in [1.29, 1.82) is 0 Å². The number of hydrogen-bond donors (Lipinski definition) is 1. The van der Waals surface area contributed by atoms with Gasteiger partial charge in [0.05, 0.1) is 5.69 Å². The van der Waals surface area contributed by atoms with Crippen molar-refractivity contribution in [2.75, 3.05) is 5.32 Å². The number of amides is 1. The third-order valence-corrected chi connectivity index (χ3v) is 3.84. The van der Waals surface area contributed by atoms with Crippen molar-refractivity contribution in [2.45, 2.75) is 20.0 Å². The maximum Gasteiger partial charge on any atom is 0.355 e. The van der Waals surface area contributed by atoms with Gasteiger partial charge in [-0.25, -0.2) is 4.79 Å². The fraction of sp³-hybridized carbons (Fsp3) is 0.250. The van der Waals surface area contributed by atoms with E-state index in [4.69, 9.17) is 4.74 Å². The van der Waals surface area contributed by atoms with Crippen LogP contribution < -0.4 is 5.32 Å². The molecule has 0 unspecified atom stereocenters. The summed E-state index contributed by atoms with van der Waals surface area (Å²) in [7, 11) is 1.74. The number of carbonyl (C=O) groups is 2. The number of aryl methyl sites for hydroxylation is 2. The first-order chi connectivity index (χ1) is 10.4. The average molecular weight is 365 g/mol. The Hall–Kier alpha value is -2.08. The molecule has 2 rings (SSSR count). The van der Waals surface area contributed by atoms with Gasteiger partial charge in [0, 0.05) is 17.7 Å². The summed E-state index contributed by atoms with van der Waals surface area (Å²) in [5.74, 6) is -0.912. The van der Waals surface area contributed by atoms with Gasteiger partial charge >= 0.3 is 5.97 Å². The number of carbonyl (C=O) groups excluding carboxylic acids is 2. The van der Waals surface area contributed by atoms with Crippen LogP contribution >= 0.6 is 15.9 Å². The summed E-state index contributed by atoms with van der Waals surface area (Å²) >= 11 is 3.39. The Bertz CT molecular complexity index is 709. The van der Waals surface area contributed by atoms with Gasteiger partial charge in [-0.05, 0) is 59.6 Å². The van der Waals surface area contributed by atoms with Gasteiger partial charge in [-0.15, -0.1) is 0 Å². The minimum Gasteiger partial charge on any atom is -0.448 e. The number of halogens is 1. The minimum absolute atomic E-state index is 0.382. The van der Waals surface area contributed by atoms with E-state index in [1.54, 1.807) is 36.0 Å². The lowest BCUT2D eigenvalue weighted by atomic mass is 10.2. The van der Waals surface area contributed by atoms with Crippen LogP contribution in [-0.2, 0) is 16.6 Å². The monoisotopic (exact) mass is 364 g/mol. The van der Waals surface area contributed by atoms with Crippen LogP contribution in [0.4, 0.5) is 5.69 Å². The molecular formula is C16H17BrN2O3. The lowest BCUT2D eigenvalue weighted by Crippen LogP contribution is -2.30. The van der Waals surface area contributed by atoms with Crippen molar-refractivity contribution in [3.05, 3.63) is 52.3 Å². The van der Waals surface area contributed by atoms with Crippen molar-refractivity contribution in [3.8, 4) is 0 Å². The van der Waals surface area contributed by atoms with E-state index in [1.165, 1.54) is 6.92 Å². The highest BCUT2D eigenvalue weighted by molar-refractivity contribution is 9.10. The number of rotatable bonds is 4. The molecule has 1 heterocycles. The van der Waals surface area contributed by atoms with Crippen LogP contribution in [0, 0.1) is 6.92 Å². The standard InChI is InChI=1S/C16H17BrN2O3/c1-10-6-7-13(12(17)9-10)18-15(20)11(2)22-16(21)14-5-4-8-19(14)3/h4-9,11H,1-3H3,(H,18,20)/t11-/m0/s1. The molecule has 0 spiro atoms. The molecule has 116 valence electrons. The van der Waals surface area contributed by atoms with E-state index in [9.17, 15) is 9.59 Å². The van der Waals surface area contributed by atoms with Gasteiger partial charge < -0.3 is 14.6 Å². The topological polar surface area (TPSA) is 60.3 Å². The molecule has 22 heavy (non-hydrogen) atoms. The van der Waals surface area contributed by atoms with Crippen LogP contribution in [0.2, 0.25) is 0 Å². The summed E-state index contributed by atoms with van der Waals surface area (Å²) in [6, 6.07) is 8.97. The van der Waals surface area contributed by atoms with E-state index < -0.39 is 12.1 Å². The molecular weight excluding hydrogens is 348 g/mol. The van der Waals surface area contributed by atoms with E-state index in [0.717, 1.165) is 10.0 Å². The van der Waals surface area contributed by atoms with Gasteiger partial charge in [0.25, 0.3) is 5.91 Å². The van der Waals surface area contributed by atoms with Gasteiger partial charge in [0.1, 0.15) is 5.69 Å². The summed E-state index contributed by atoms with van der Waals surface area (Å²) < 4.78 is 7.61. The van der Waals surface area contributed by atoms with Crippen molar-refractivity contribution in [3.63, 3.8) is 0 Å². The molecule has 0 aliphatic carbocycles. The molecule has 0 aliphatic rings. The average Bonchev–Trinajstić information content (AvgIpc) is 2.88. The molecule has 0 saturated carbocycles. The largest absolute Gasteiger partial charge is 0.448 e. The van der Waals surface area contributed by atoms with E-state index in [0.29, 0.717) is 11.4 Å². The van der Waals surface area contributed by atoms with E-state index in [-0.39, 0.29) is 5.91 Å². The molecule has 0 aliphatic heterocycles. The molecule has 0 fully saturated rings. The normalized spacial score (nSPS) is 11.8. The summed E-state index contributed by atoms with van der Waals surface area (Å²) in [5, 5.41) is 2.73. The first-order valence-electron chi connectivity index (χ1n) is 6.78. The summed E-state index contributed by atoms with van der Waals surface area (Å²) in [4.78, 5) is 24.1. The predicted octanol–water partition coefficient (Wildman–Crippen LogP) is 3.28. The van der Waals surface area contributed by atoms with Crippen LogP contribution in [0.3, 0.4) is 0 Å².